The average molecular weight is 1250 g/mol. The molecular formula is C60H98N9O17P. The van der Waals surface area contributed by atoms with Gasteiger partial charge in [-0.2, -0.15) is 0 Å². The van der Waals surface area contributed by atoms with Gasteiger partial charge in [-0.15, -0.1) is 0 Å². The smallest absolute Gasteiger partial charge is 0.411 e. The Balaban J connectivity index is 0.000000608. The van der Waals surface area contributed by atoms with Gasteiger partial charge in [0, 0.05) is 57.7 Å². The normalized spacial score (nSPS) is 18.3. The molecule has 27 heteroatoms. The van der Waals surface area contributed by atoms with E-state index in [1.165, 1.54) is 9.80 Å². The van der Waals surface area contributed by atoms with Gasteiger partial charge < -0.3 is 72.1 Å². The Hall–Kier alpha value is -6.41. The van der Waals surface area contributed by atoms with Crippen LogP contribution >= 0.6 is 8.53 Å². The van der Waals surface area contributed by atoms with Crippen molar-refractivity contribution in [2.75, 3.05) is 92.0 Å². The standard InChI is InChI=1S/C23H39N4O5P.C14H22N2O4.C13H20N2O4.C10H17NO4/c1-19(2)27(20(3)4)33(32-18-14-25-6)31-16-9-7-8-12-22(28)26-15-10-11-21(26)23(29)30-17-13-24-5;1-15-8-11-20-14(19)12-6-5-9-16(12)13(18)7-3-2-4-10-17;1-13(2,3)19-12(17)15-8-5-6-10(15)11(16)18-9-7-14-4;1-10(2,3)15-9(14)11-6-4-5-7(11)8(12)13/h19-21H,7-18H2,1-4H3;12,17H,2-11H2;10H,5-9H2,1-3H3;7H,4-6H2,1-3H3,(H,12,13)/t21-,33?;12-;10-;7-/m0000/s1. The lowest BCUT2D eigenvalue weighted by atomic mass is 10.1. The predicted octanol–water partition coefficient (Wildman–Crippen LogP) is 8.61. The van der Waals surface area contributed by atoms with Crippen LogP contribution in [0.3, 0.4) is 0 Å². The highest BCUT2D eigenvalue weighted by atomic mass is 31.2. The number of esters is 3. The third-order valence-corrected chi connectivity index (χ3v) is 15.4. The molecule has 0 saturated carbocycles. The molecule has 2 N–H and O–H groups in total. The lowest BCUT2D eigenvalue weighted by Crippen LogP contribution is -2.44. The topological polar surface area (TPSA) is 275 Å². The summed E-state index contributed by atoms with van der Waals surface area (Å²) in [6.07, 6.45) is 9.83. The summed E-state index contributed by atoms with van der Waals surface area (Å²) >= 11 is 0. The van der Waals surface area contributed by atoms with Crippen molar-refractivity contribution in [3.63, 3.8) is 0 Å². The molecule has 0 aliphatic carbocycles. The van der Waals surface area contributed by atoms with Crippen LogP contribution in [0.5, 0.6) is 0 Å². The van der Waals surface area contributed by atoms with Crippen molar-refractivity contribution in [3.8, 4) is 0 Å². The van der Waals surface area contributed by atoms with Crippen LogP contribution in [0, 0.1) is 26.3 Å². The molecule has 0 aromatic carbocycles. The maximum Gasteiger partial charge on any atom is 0.411 e. The Morgan fingerprint density at radius 3 is 1.18 bits per heavy atom. The third-order valence-electron chi connectivity index (χ3n) is 13.3. The lowest BCUT2D eigenvalue weighted by molar-refractivity contribution is -0.153. The first kappa shape index (κ1) is 78.6. The number of amides is 4. The van der Waals surface area contributed by atoms with Crippen molar-refractivity contribution in [1.82, 2.24) is 24.3 Å². The molecule has 4 fully saturated rings. The van der Waals surface area contributed by atoms with E-state index in [4.69, 9.17) is 69.2 Å². The van der Waals surface area contributed by atoms with Crippen molar-refractivity contribution in [1.29, 1.82) is 0 Å². The minimum Gasteiger partial charge on any atom is -0.480 e. The summed E-state index contributed by atoms with van der Waals surface area (Å²) in [6, 6.07) is -1.77. The highest BCUT2D eigenvalue weighted by molar-refractivity contribution is 7.44. The fourth-order valence-electron chi connectivity index (χ4n) is 9.46. The zero-order valence-corrected chi connectivity index (χ0v) is 54.1. The molecular weight excluding hydrogens is 1150 g/mol. The van der Waals surface area contributed by atoms with Gasteiger partial charge in [0.25, 0.3) is 8.53 Å². The Bertz CT molecular complexity index is 2300. The number of carboxylic acids is 1. The summed E-state index contributed by atoms with van der Waals surface area (Å²) in [7, 11) is -1.23. The Morgan fingerprint density at radius 2 is 0.828 bits per heavy atom. The molecule has 87 heavy (non-hydrogen) atoms. The molecule has 4 amide bonds. The van der Waals surface area contributed by atoms with Crippen molar-refractivity contribution >= 4 is 56.4 Å². The number of unbranched alkanes of at least 4 members (excludes halogenated alkanes) is 4. The molecule has 1 unspecified atom stereocenters. The van der Waals surface area contributed by atoms with Crippen molar-refractivity contribution in [2.24, 2.45) is 0 Å². The molecule has 0 bridgehead atoms. The van der Waals surface area contributed by atoms with Crippen molar-refractivity contribution in [2.45, 2.75) is 219 Å². The number of aliphatic carboxylic acids is 1. The van der Waals surface area contributed by atoms with Gasteiger partial charge in [-0.25, -0.2) is 59.7 Å². The summed E-state index contributed by atoms with van der Waals surface area (Å²) in [5, 5.41) is 17.6. The number of likely N-dealkylation sites (tertiary alicyclic amines) is 4. The minimum absolute atomic E-state index is 0.0175. The predicted molar refractivity (Wildman–Crippen MR) is 323 cm³/mol. The van der Waals surface area contributed by atoms with E-state index in [-0.39, 0.29) is 70.0 Å². The van der Waals surface area contributed by atoms with Crippen LogP contribution < -0.4 is 0 Å². The SMILES string of the molecule is CC(C)(C)OC(=O)N1CCC[C@H]1C(=O)O.[C-]#[N+]CCOC(=O)[C@@H]1CCCN1C(=O)CCCCCO.[C-]#[N+]CCOC(=O)[C@@H]1CCCN1C(=O)CCCCCOP(OCC[N+]#[C-])N(C(C)C)C(C)C.[C-]#[N+]CCOC(=O)[C@@H]1CCCN1C(=O)OC(C)(C)C. The molecule has 4 saturated heterocycles. The molecule has 0 aromatic heterocycles. The number of carboxylic acid groups (broad SMARTS) is 1. The van der Waals surface area contributed by atoms with Gasteiger partial charge >= 0.3 is 36.1 Å². The molecule has 26 nitrogen and oxygen atoms in total. The second-order valence-electron chi connectivity index (χ2n) is 23.3. The van der Waals surface area contributed by atoms with E-state index in [0.29, 0.717) is 90.9 Å². The molecule has 490 valence electrons. The molecule has 5 atom stereocenters. The second kappa shape index (κ2) is 43.3. The number of aliphatic hydroxyl groups excluding tert-OH is 1. The quantitative estimate of drug-likeness (QED) is 0.0244. The fourth-order valence-corrected chi connectivity index (χ4v) is 11.1. The van der Waals surface area contributed by atoms with E-state index in [1.807, 2.05) is 0 Å². The van der Waals surface area contributed by atoms with Crippen LogP contribution in [0.15, 0.2) is 0 Å². The Morgan fingerprint density at radius 1 is 0.494 bits per heavy atom. The molecule has 4 aliphatic heterocycles. The number of nitrogens with zero attached hydrogens (tertiary/aromatic N) is 9. The third kappa shape index (κ3) is 31.9. The molecule has 0 spiro atoms. The first-order valence-corrected chi connectivity index (χ1v) is 31.4. The maximum atomic E-state index is 12.6. The zero-order valence-electron chi connectivity index (χ0n) is 53.2. The lowest BCUT2D eigenvalue weighted by Gasteiger charge is -2.35. The number of hydrogen-bond acceptors (Lipinski definition) is 17. The van der Waals surface area contributed by atoms with Gasteiger partial charge in [0.1, 0.15) is 42.0 Å². The Kier molecular flexibility index (Phi) is 39.1. The summed E-state index contributed by atoms with van der Waals surface area (Å²) in [5.74, 6) is -2.24. The summed E-state index contributed by atoms with van der Waals surface area (Å²) < 4.78 is 39.6. The van der Waals surface area contributed by atoms with E-state index in [2.05, 4.69) is 51.7 Å². The number of aliphatic hydroxyl groups is 1. The van der Waals surface area contributed by atoms with Crippen LogP contribution in [0.25, 0.3) is 19.4 Å². The number of carbonyl (C=O) groups excluding carboxylic acids is 7. The van der Waals surface area contributed by atoms with Gasteiger partial charge in [0.05, 0.1) is 6.61 Å². The largest absolute Gasteiger partial charge is 0.480 e. The van der Waals surface area contributed by atoms with Crippen molar-refractivity contribution in [3.05, 3.63) is 45.7 Å². The summed E-state index contributed by atoms with van der Waals surface area (Å²) in [5.41, 5.74) is -1.17. The summed E-state index contributed by atoms with van der Waals surface area (Å²) in [4.78, 5) is 114. The monoisotopic (exact) mass is 1250 g/mol. The molecule has 0 aromatic rings. The molecule has 4 heterocycles. The Labute approximate surface area is 517 Å². The van der Waals surface area contributed by atoms with E-state index < -0.39 is 80.0 Å². The van der Waals surface area contributed by atoms with E-state index in [1.54, 1.807) is 51.3 Å². The highest BCUT2D eigenvalue weighted by Gasteiger charge is 2.40. The highest BCUT2D eigenvalue weighted by Crippen LogP contribution is 2.46. The zero-order chi connectivity index (χ0) is 65.5. The maximum absolute atomic E-state index is 12.6. The fraction of sp³-hybridized carbons (Fsp3) is 0.800. The minimum atomic E-state index is -1.23. The van der Waals surface area contributed by atoms with Gasteiger partial charge in [-0.1, -0.05) is 12.8 Å². The van der Waals surface area contributed by atoms with E-state index in [0.717, 1.165) is 57.8 Å². The van der Waals surface area contributed by atoms with E-state index in [9.17, 15) is 38.4 Å². The van der Waals surface area contributed by atoms with Gasteiger partial charge in [-0.3, -0.25) is 19.4 Å². The first-order chi connectivity index (χ1) is 41.2. The number of ether oxygens (including phenoxy) is 5. The first-order valence-electron chi connectivity index (χ1n) is 30.3. The van der Waals surface area contributed by atoms with Gasteiger partial charge in [0.2, 0.25) is 38.0 Å². The second-order valence-corrected chi connectivity index (χ2v) is 24.8. The van der Waals surface area contributed by atoms with Crippen LogP contribution in [-0.2, 0) is 61.5 Å². The van der Waals surface area contributed by atoms with Crippen molar-refractivity contribution < 1.29 is 81.3 Å². The van der Waals surface area contributed by atoms with Crippen LogP contribution in [0.2, 0.25) is 0 Å². The van der Waals surface area contributed by atoms with Crippen LogP contribution in [0.4, 0.5) is 9.59 Å². The van der Waals surface area contributed by atoms with Gasteiger partial charge in [0.15, 0.2) is 19.8 Å². The molecule has 0 radical (unpaired) electrons. The van der Waals surface area contributed by atoms with Crippen LogP contribution in [0.1, 0.15) is 172 Å². The van der Waals surface area contributed by atoms with Gasteiger partial charge in [-0.05, 0) is 146 Å². The molecule has 4 rings (SSSR count). The number of rotatable bonds is 28. The number of hydrogen-bond donors (Lipinski definition) is 2. The van der Waals surface area contributed by atoms with E-state index >= 15 is 0 Å². The summed E-state index contributed by atoms with van der Waals surface area (Å²) in [6.45, 7) is 50.2. The van der Waals surface area contributed by atoms with Crippen LogP contribution in [-0.4, -0.2) is 222 Å². The average Bonchev–Trinajstić information content (AvgIpc) is 3.93. The number of carbonyl (C=O) groups is 8. The molecule has 4 aliphatic rings.